The molecule has 1 aromatic carbocycles. The molecule has 5 nitrogen and oxygen atoms in total. The second-order valence-electron chi connectivity index (χ2n) is 6.24. The number of benzene rings is 1. The van der Waals surface area contributed by atoms with Crippen molar-refractivity contribution >= 4 is 62.1 Å². The molecule has 3 aromatic rings. The summed E-state index contributed by atoms with van der Waals surface area (Å²) < 4.78 is 0. The second kappa shape index (κ2) is 7.46. The first-order valence-corrected chi connectivity index (χ1v) is 9.72. The van der Waals surface area contributed by atoms with Crippen molar-refractivity contribution in [3.05, 3.63) is 56.0 Å². The lowest BCUT2D eigenvalue weighted by Crippen LogP contribution is -2.26. The summed E-state index contributed by atoms with van der Waals surface area (Å²) in [4.78, 5) is 29.9. The molecule has 0 fully saturated rings. The molecule has 0 unspecified atom stereocenters. The van der Waals surface area contributed by atoms with E-state index in [4.69, 9.17) is 28.9 Å². The van der Waals surface area contributed by atoms with Crippen molar-refractivity contribution in [1.29, 1.82) is 0 Å². The Bertz CT molecular complexity index is 1080. The number of anilines is 1. The van der Waals surface area contributed by atoms with Crippen molar-refractivity contribution in [2.45, 2.75) is 26.8 Å². The summed E-state index contributed by atoms with van der Waals surface area (Å²) in [5.41, 5.74) is 8.45. The number of nitrogens with one attached hydrogen (secondary N) is 1. The SMILES string of the molecule is CC(=O)c1cc2c(N)c(C(=O)N[C@H](C)c3ccc(Cl)c(Cl)c3)sc2nc1C. The molecule has 0 aliphatic rings. The number of aryl methyl sites for hydroxylation is 1. The van der Waals surface area contributed by atoms with Gasteiger partial charge in [-0.3, -0.25) is 9.59 Å². The Morgan fingerprint density at radius 2 is 1.93 bits per heavy atom. The predicted octanol–water partition coefficient (Wildman–Crippen LogP) is 5.19. The molecule has 3 rings (SSSR count). The third-order valence-electron chi connectivity index (χ3n) is 4.29. The van der Waals surface area contributed by atoms with Gasteiger partial charge in [-0.2, -0.15) is 0 Å². The molecule has 8 heteroatoms. The fraction of sp³-hybridized carbons (Fsp3) is 0.211. The first kappa shape index (κ1) is 19.6. The summed E-state index contributed by atoms with van der Waals surface area (Å²) >= 11 is 13.2. The van der Waals surface area contributed by atoms with Gasteiger partial charge in [0, 0.05) is 16.6 Å². The molecule has 3 N–H and O–H groups in total. The first-order chi connectivity index (χ1) is 12.7. The molecular formula is C19H17Cl2N3O2S. The van der Waals surface area contributed by atoms with Crippen LogP contribution in [0.4, 0.5) is 5.69 Å². The zero-order valence-corrected chi connectivity index (χ0v) is 17.2. The number of hydrogen-bond donors (Lipinski definition) is 2. The highest BCUT2D eigenvalue weighted by molar-refractivity contribution is 7.21. The normalized spacial score (nSPS) is 12.2. The van der Waals surface area contributed by atoms with Gasteiger partial charge in [0.25, 0.3) is 5.91 Å². The molecule has 0 saturated heterocycles. The minimum Gasteiger partial charge on any atom is -0.397 e. The van der Waals surface area contributed by atoms with Crippen LogP contribution in [-0.2, 0) is 0 Å². The average Bonchev–Trinajstić information content (AvgIpc) is 2.92. The Morgan fingerprint density at radius 3 is 2.56 bits per heavy atom. The summed E-state index contributed by atoms with van der Waals surface area (Å²) in [6, 6.07) is 6.61. The number of ketones is 1. The minimum absolute atomic E-state index is 0.0910. The maximum Gasteiger partial charge on any atom is 0.264 e. The molecule has 1 amide bonds. The number of fused-ring (bicyclic) bond motifs is 1. The maximum atomic E-state index is 12.7. The predicted molar refractivity (Wildman–Crippen MR) is 111 cm³/mol. The fourth-order valence-corrected chi connectivity index (χ4v) is 4.11. The van der Waals surface area contributed by atoms with Crippen molar-refractivity contribution in [3.63, 3.8) is 0 Å². The summed E-state index contributed by atoms with van der Waals surface area (Å²) in [7, 11) is 0. The third-order valence-corrected chi connectivity index (χ3v) is 6.14. The number of Topliss-reactive ketones (excluding diaryl/α,β-unsaturated/α-hetero) is 1. The van der Waals surface area contributed by atoms with Gasteiger partial charge in [-0.25, -0.2) is 4.98 Å². The lowest BCUT2D eigenvalue weighted by Gasteiger charge is -2.14. The molecule has 0 bridgehead atoms. The van der Waals surface area contributed by atoms with Gasteiger partial charge in [-0.1, -0.05) is 29.3 Å². The van der Waals surface area contributed by atoms with Gasteiger partial charge in [0.2, 0.25) is 0 Å². The number of carbonyl (C=O) groups is 2. The number of thiophene rings is 1. The van der Waals surface area contributed by atoms with Crippen molar-refractivity contribution in [1.82, 2.24) is 10.3 Å². The quantitative estimate of drug-likeness (QED) is 0.567. The molecule has 27 heavy (non-hydrogen) atoms. The summed E-state index contributed by atoms with van der Waals surface area (Å²) in [6.45, 7) is 5.08. The van der Waals surface area contributed by atoms with Crippen LogP contribution in [0.1, 0.15) is 51.2 Å². The van der Waals surface area contributed by atoms with Gasteiger partial charge in [0.15, 0.2) is 5.78 Å². The molecule has 2 heterocycles. The van der Waals surface area contributed by atoms with Crippen LogP contribution in [0.15, 0.2) is 24.3 Å². The zero-order valence-electron chi connectivity index (χ0n) is 14.9. The summed E-state index contributed by atoms with van der Waals surface area (Å²) in [5.74, 6) is -0.400. The van der Waals surface area contributed by atoms with E-state index in [1.807, 2.05) is 6.92 Å². The molecule has 0 spiro atoms. The van der Waals surface area contributed by atoms with E-state index in [1.165, 1.54) is 18.3 Å². The van der Waals surface area contributed by atoms with E-state index in [1.54, 1.807) is 31.2 Å². The van der Waals surface area contributed by atoms with Crippen molar-refractivity contribution in [2.75, 3.05) is 5.73 Å². The highest BCUT2D eigenvalue weighted by Crippen LogP contribution is 2.34. The van der Waals surface area contributed by atoms with E-state index in [9.17, 15) is 9.59 Å². The molecular weight excluding hydrogens is 405 g/mol. The standard InChI is InChI=1S/C19H17Cl2N3O2S/c1-8(11-4-5-14(20)15(21)6-11)23-18(26)17-16(22)13-7-12(10(3)25)9(2)24-19(13)27-17/h4-8H,22H2,1-3H3,(H,23,26)/t8-/m1/s1. The van der Waals surface area contributed by atoms with Crippen LogP contribution in [0.5, 0.6) is 0 Å². The number of rotatable bonds is 4. The van der Waals surface area contributed by atoms with Gasteiger partial charge >= 0.3 is 0 Å². The molecule has 1 atom stereocenters. The Labute approximate surface area is 170 Å². The molecule has 0 radical (unpaired) electrons. The molecule has 0 aliphatic heterocycles. The Morgan fingerprint density at radius 1 is 1.22 bits per heavy atom. The van der Waals surface area contributed by atoms with E-state index in [-0.39, 0.29) is 17.7 Å². The maximum absolute atomic E-state index is 12.7. The summed E-state index contributed by atoms with van der Waals surface area (Å²) in [6.07, 6.45) is 0. The lowest BCUT2D eigenvalue weighted by atomic mass is 10.1. The molecule has 0 saturated carbocycles. The van der Waals surface area contributed by atoms with Gasteiger partial charge in [-0.05, 0) is 44.5 Å². The minimum atomic E-state index is -0.309. The van der Waals surface area contributed by atoms with Crippen LogP contribution in [0.2, 0.25) is 10.0 Å². The van der Waals surface area contributed by atoms with E-state index in [2.05, 4.69) is 10.3 Å². The third kappa shape index (κ3) is 3.78. The van der Waals surface area contributed by atoms with Gasteiger partial charge in [0.05, 0.1) is 21.8 Å². The van der Waals surface area contributed by atoms with Crippen molar-refractivity contribution < 1.29 is 9.59 Å². The highest BCUT2D eigenvalue weighted by Gasteiger charge is 2.21. The second-order valence-corrected chi connectivity index (χ2v) is 8.06. The van der Waals surface area contributed by atoms with Gasteiger partial charge in [0.1, 0.15) is 9.71 Å². The number of carbonyl (C=O) groups excluding carboxylic acids is 2. The monoisotopic (exact) mass is 421 g/mol. The lowest BCUT2D eigenvalue weighted by molar-refractivity contribution is 0.0944. The number of nitrogens with two attached hydrogens (primary N) is 1. The van der Waals surface area contributed by atoms with E-state index < -0.39 is 0 Å². The zero-order chi connectivity index (χ0) is 19.9. The molecule has 2 aromatic heterocycles. The Hall–Kier alpha value is -2.15. The number of nitrogen functional groups attached to an aromatic ring is 1. The summed E-state index contributed by atoms with van der Waals surface area (Å²) in [5, 5.41) is 4.40. The number of hydrogen-bond acceptors (Lipinski definition) is 5. The van der Waals surface area contributed by atoms with E-state index >= 15 is 0 Å². The Kier molecular flexibility index (Phi) is 5.42. The number of amides is 1. The first-order valence-electron chi connectivity index (χ1n) is 8.15. The molecule has 140 valence electrons. The van der Waals surface area contributed by atoms with Crippen LogP contribution in [0.25, 0.3) is 10.2 Å². The van der Waals surface area contributed by atoms with E-state index in [0.717, 1.165) is 5.56 Å². The molecule has 0 aliphatic carbocycles. The highest BCUT2D eigenvalue weighted by atomic mass is 35.5. The van der Waals surface area contributed by atoms with Gasteiger partial charge < -0.3 is 11.1 Å². The van der Waals surface area contributed by atoms with Gasteiger partial charge in [-0.15, -0.1) is 11.3 Å². The Balaban J connectivity index is 1.92. The van der Waals surface area contributed by atoms with Crippen molar-refractivity contribution in [2.24, 2.45) is 0 Å². The topological polar surface area (TPSA) is 85.1 Å². The van der Waals surface area contributed by atoms with Crippen LogP contribution in [0, 0.1) is 6.92 Å². The number of pyridine rings is 1. The average molecular weight is 422 g/mol. The van der Waals surface area contributed by atoms with Crippen LogP contribution in [0.3, 0.4) is 0 Å². The van der Waals surface area contributed by atoms with E-state index in [0.29, 0.717) is 42.1 Å². The number of halogens is 2. The smallest absolute Gasteiger partial charge is 0.264 e. The van der Waals surface area contributed by atoms with Crippen LogP contribution < -0.4 is 11.1 Å². The largest absolute Gasteiger partial charge is 0.397 e. The number of aromatic nitrogens is 1. The fourth-order valence-electron chi connectivity index (χ4n) is 2.78. The van der Waals surface area contributed by atoms with Crippen molar-refractivity contribution in [3.8, 4) is 0 Å². The van der Waals surface area contributed by atoms with Crippen LogP contribution in [-0.4, -0.2) is 16.7 Å². The number of nitrogens with zero attached hydrogens (tertiary/aromatic N) is 1. The van der Waals surface area contributed by atoms with Crippen LogP contribution >= 0.6 is 34.5 Å².